The lowest BCUT2D eigenvalue weighted by Gasteiger charge is -2.28. The van der Waals surface area contributed by atoms with Crippen molar-refractivity contribution in [2.75, 3.05) is 6.54 Å². The fraction of sp³-hybridized carbons (Fsp3) is 0.471. The van der Waals surface area contributed by atoms with E-state index in [9.17, 15) is 0 Å². The molecule has 1 atom stereocenters. The zero-order valence-corrected chi connectivity index (χ0v) is 12.1. The van der Waals surface area contributed by atoms with Gasteiger partial charge in [0.1, 0.15) is 5.82 Å². The predicted octanol–water partition coefficient (Wildman–Crippen LogP) is 3.05. The smallest absolute Gasteiger partial charge is 0.107 e. The van der Waals surface area contributed by atoms with E-state index in [1.807, 2.05) is 12.4 Å². The Hall–Kier alpha value is -1.61. The van der Waals surface area contributed by atoms with Crippen molar-refractivity contribution in [2.24, 2.45) is 0 Å². The van der Waals surface area contributed by atoms with E-state index in [-0.39, 0.29) is 0 Å². The number of hydrogen-bond acceptors (Lipinski definition) is 2. The minimum atomic E-state index is 0.309. The third-order valence-corrected chi connectivity index (χ3v) is 4.40. The van der Waals surface area contributed by atoms with E-state index in [0.717, 1.165) is 18.8 Å². The maximum absolute atomic E-state index is 4.40. The molecule has 1 aromatic carbocycles. The highest BCUT2D eigenvalue weighted by molar-refractivity contribution is 5.34. The van der Waals surface area contributed by atoms with E-state index in [1.54, 1.807) is 0 Å². The SMILES string of the molecule is CCCNC(Cc1ncc[nH]1)C1(c2ccccc2)CC1. The largest absolute Gasteiger partial charge is 0.349 e. The Balaban J connectivity index is 1.81. The molecule has 1 aliphatic rings. The summed E-state index contributed by atoms with van der Waals surface area (Å²) >= 11 is 0. The topological polar surface area (TPSA) is 40.7 Å². The number of aromatic amines is 1. The first-order valence-corrected chi connectivity index (χ1v) is 7.62. The number of nitrogens with zero attached hydrogens (tertiary/aromatic N) is 1. The summed E-state index contributed by atoms with van der Waals surface area (Å²) in [6, 6.07) is 11.4. The fourth-order valence-corrected chi connectivity index (χ4v) is 3.13. The molecule has 20 heavy (non-hydrogen) atoms. The summed E-state index contributed by atoms with van der Waals surface area (Å²) in [6.45, 7) is 3.29. The number of aromatic nitrogens is 2. The molecule has 1 fully saturated rings. The monoisotopic (exact) mass is 269 g/mol. The highest BCUT2D eigenvalue weighted by Gasteiger charge is 2.50. The Morgan fingerprint density at radius 3 is 2.70 bits per heavy atom. The first-order chi connectivity index (χ1) is 9.85. The van der Waals surface area contributed by atoms with E-state index in [0.29, 0.717) is 11.5 Å². The lowest BCUT2D eigenvalue weighted by Crippen LogP contribution is -2.42. The molecule has 0 radical (unpaired) electrons. The van der Waals surface area contributed by atoms with E-state index in [4.69, 9.17) is 0 Å². The molecule has 0 spiro atoms. The number of H-pyrrole nitrogens is 1. The average Bonchev–Trinajstić information content (AvgIpc) is 3.15. The minimum absolute atomic E-state index is 0.309. The molecular weight excluding hydrogens is 246 g/mol. The van der Waals surface area contributed by atoms with Crippen LogP contribution in [0.3, 0.4) is 0 Å². The molecule has 0 saturated heterocycles. The van der Waals surface area contributed by atoms with Crippen molar-refractivity contribution < 1.29 is 0 Å². The van der Waals surface area contributed by atoms with Crippen LogP contribution in [0.1, 0.15) is 37.6 Å². The molecule has 0 aliphatic heterocycles. The van der Waals surface area contributed by atoms with Crippen molar-refractivity contribution in [1.29, 1.82) is 0 Å². The lowest BCUT2D eigenvalue weighted by atomic mass is 9.86. The molecule has 106 valence electrons. The quantitative estimate of drug-likeness (QED) is 0.811. The molecule has 3 nitrogen and oxygen atoms in total. The van der Waals surface area contributed by atoms with Crippen LogP contribution in [-0.2, 0) is 11.8 Å². The number of benzene rings is 1. The summed E-state index contributed by atoms with van der Waals surface area (Å²) in [7, 11) is 0. The molecular formula is C17H23N3. The van der Waals surface area contributed by atoms with Crippen LogP contribution in [-0.4, -0.2) is 22.6 Å². The third-order valence-electron chi connectivity index (χ3n) is 4.40. The second-order valence-electron chi connectivity index (χ2n) is 5.77. The fourth-order valence-electron chi connectivity index (χ4n) is 3.13. The van der Waals surface area contributed by atoms with Crippen LogP contribution in [0.5, 0.6) is 0 Å². The number of rotatable bonds is 7. The first kappa shape index (κ1) is 13.4. The van der Waals surface area contributed by atoms with Crippen molar-refractivity contribution in [3.05, 3.63) is 54.1 Å². The normalized spacial score (nSPS) is 17.9. The summed E-state index contributed by atoms with van der Waals surface area (Å²) in [5.74, 6) is 1.08. The van der Waals surface area contributed by atoms with Crippen molar-refractivity contribution in [3.8, 4) is 0 Å². The van der Waals surface area contributed by atoms with Crippen molar-refractivity contribution in [3.63, 3.8) is 0 Å². The van der Waals surface area contributed by atoms with Crippen molar-refractivity contribution >= 4 is 0 Å². The summed E-state index contributed by atoms with van der Waals surface area (Å²) in [4.78, 5) is 7.65. The van der Waals surface area contributed by atoms with Crippen molar-refractivity contribution in [2.45, 2.75) is 44.1 Å². The maximum atomic E-state index is 4.40. The molecule has 1 unspecified atom stereocenters. The Morgan fingerprint density at radius 2 is 2.10 bits per heavy atom. The van der Waals surface area contributed by atoms with Gasteiger partial charge in [0.05, 0.1) is 0 Å². The van der Waals surface area contributed by atoms with Gasteiger partial charge in [-0.1, -0.05) is 37.3 Å². The van der Waals surface area contributed by atoms with Gasteiger partial charge in [-0.25, -0.2) is 4.98 Å². The van der Waals surface area contributed by atoms with Gasteiger partial charge in [0, 0.05) is 30.3 Å². The zero-order chi connectivity index (χ0) is 13.8. The molecule has 3 heteroatoms. The molecule has 1 aromatic heterocycles. The van der Waals surface area contributed by atoms with Crippen molar-refractivity contribution in [1.82, 2.24) is 15.3 Å². The van der Waals surface area contributed by atoms with Gasteiger partial charge in [0.25, 0.3) is 0 Å². The van der Waals surface area contributed by atoms with Crippen LogP contribution >= 0.6 is 0 Å². The van der Waals surface area contributed by atoms with E-state index in [1.165, 1.54) is 24.8 Å². The molecule has 1 saturated carbocycles. The molecule has 3 rings (SSSR count). The van der Waals surface area contributed by atoms with E-state index < -0.39 is 0 Å². The molecule has 2 N–H and O–H groups in total. The van der Waals surface area contributed by atoms with E-state index in [2.05, 4.69) is 52.5 Å². The summed E-state index contributed by atoms with van der Waals surface area (Å²) in [5, 5.41) is 3.75. The maximum Gasteiger partial charge on any atom is 0.107 e. The van der Waals surface area contributed by atoms with Gasteiger partial charge in [-0.3, -0.25) is 0 Å². The number of imidazole rings is 1. The second-order valence-corrected chi connectivity index (χ2v) is 5.77. The van der Waals surface area contributed by atoms with E-state index >= 15 is 0 Å². The summed E-state index contributed by atoms with van der Waals surface area (Å²) < 4.78 is 0. The van der Waals surface area contributed by atoms with Crippen LogP contribution in [0.25, 0.3) is 0 Å². The van der Waals surface area contributed by atoms with Gasteiger partial charge in [-0.15, -0.1) is 0 Å². The Labute approximate surface area is 120 Å². The number of nitrogens with one attached hydrogen (secondary N) is 2. The lowest BCUT2D eigenvalue weighted by molar-refractivity contribution is 0.407. The molecule has 1 aliphatic carbocycles. The summed E-state index contributed by atoms with van der Waals surface area (Å²) in [6.07, 6.45) is 8.45. The molecule has 0 amide bonds. The first-order valence-electron chi connectivity index (χ1n) is 7.62. The summed E-state index contributed by atoms with van der Waals surface area (Å²) in [5.41, 5.74) is 1.78. The van der Waals surface area contributed by atoms with Gasteiger partial charge in [-0.05, 0) is 31.4 Å². The van der Waals surface area contributed by atoms with Crippen LogP contribution in [0, 0.1) is 0 Å². The van der Waals surface area contributed by atoms with Gasteiger partial charge >= 0.3 is 0 Å². The second kappa shape index (κ2) is 5.80. The third kappa shape index (κ3) is 2.63. The molecule has 0 bridgehead atoms. The highest BCUT2D eigenvalue weighted by atomic mass is 15.0. The average molecular weight is 269 g/mol. The Morgan fingerprint density at radius 1 is 1.30 bits per heavy atom. The minimum Gasteiger partial charge on any atom is -0.349 e. The highest BCUT2D eigenvalue weighted by Crippen LogP contribution is 2.51. The Kier molecular flexibility index (Phi) is 3.88. The zero-order valence-electron chi connectivity index (χ0n) is 12.1. The molecule has 2 aromatic rings. The van der Waals surface area contributed by atoms with Crippen LogP contribution in [0.2, 0.25) is 0 Å². The standard InChI is InChI=1S/C17H23N3/c1-2-10-18-15(13-16-19-11-12-20-16)17(8-9-17)14-6-4-3-5-7-14/h3-7,11-12,15,18H,2,8-10,13H2,1H3,(H,19,20). The predicted molar refractivity (Wildman–Crippen MR) is 81.7 cm³/mol. The van der Waals surface area contributed by atoms with Crippen LogP contribution < -0.4 is 5.32 Å². The molecule has 1 heterocycles. The Bertz CT molecular complexity index is 514. The van der Waals surface area contributed by atoms with Gasteiger partial charge in [0.2, 0.25) is 0 Å². The van der Waals surface area contributed by atoms with Gasteiger partial charge < -0.3 is 10.3 Å². The van der Waals surface area contributed by atoms with Gasteiger partial charge in [-0.2, -0.15) is 0 Å². The van der Waals surface area contributed by atoms with Gasteiger partial charge in [0.15, 0.2) is 0 Å². The van der Waals surface area contributed by atoms with Crippen LogP contribution in [0.15, 0.2) is 42.7 Å². The number of hydrogen-bond donors (Lipinski definition) is 2. The van der Waals surface area contributed by atoms with Crippen LogP contribution in [0.4, 0.5) is 0 Å².